The maximum Gasteiger partial charge on any atom is 0.215 e. The first-order valence-corrected chi connectivity index (χ1v) is 7.79. The van der Waals surface area contributed by atoms with Crippen molar-refractivity contribution in [3.63, 3.8) is 0 Å². The smallest absolute Gasteiger partial charge is 0.215 e. The monoisotopic (exact) mass is 283 g/mol. The summed E-state index contributed by atoms with van der Waals surface area (Å²) in [6, 6.07) is 5.31. The molecule has 7 heteroatoms. The molecule has 1 aliphatic heterocycles. The van der Waals surface area contributed by atoms with Gasteiger partial charge in [-0.3, -0.25) is 4.90 Å². The van der Waals surface area contributed by atoms with Gasteiger partial charge in [0.1, 0.15) is 11.8 Å². The molecule has 0 radical (unpaired) electrons. The van der Waals surface area contributed by atoms with Crippen molar-refractivity contribution in [2.24, 2.45) is 0 Å². The third-order valence-electron chi connectivity index (χ3n) is 3.16. The van der Waals surface area contributed by atoms with Gasteiger partial charge in [0, 0.05) is 19.6 Å². The van der Waals surface area contributed by atoms with E-state index in [1.165, 1.54) is 0 Å². The van der Waals surface area contributed by atoms with E-state index in [1.54, 1.807) is 19.1 Å². The molecule has 2 heterocycles. The average molecular weight is 283 g/mol. The summed E-state index contributed by atoms with van der Waals surface area (Å²) in [4.78, 5) is 2.03. The van der Waals surface area contributed by atoms with Gasteiger partial charge in [0.15, 0.2) is 0 Å². The van der Waals surface area contributed by atoms with Gasteiger partial charge in [0.25, 0.3) is 0 Å². The van der Waals surface area contributed by atoms with Crippen LogP contribution in [0.15, 0.2) is 16.5 Å². The van der Waals surface area contributed by atoms with E-state index in [0.717, 1.165) is 6.54 Å². The fraction of sp³-hybridized carbons (Fsp3) is 0.583. The molecular weight excluding hydrogens is 266 g/mol. The lowest BCUT2D eigenvalue weighted by Crippen LogP contribution is -2.36. The van der Waals surface area contributed by atoms with Crippen LogP contribution in [0.3, 0.4) is 0 Å². The van der Waals surface area contributed by atoms with Crippen molar-refractivity contribution in [1.29, 1.82) is 5.26 Å². The first kappa shape index (κ1) is 14.1. The highest BCUT2D eigenvalue weighted by Gasteiger charge is 2.32. The highest BCUT2D eigenvalue weighted by molar-refractivity contribution is 7.90. The van der Waals surface area contributed by atoms with Crippen LogP contribution in [0.4, 0.5) is 0 Å². The first-order chi connectivity index (χ1) is 9.05. The van der Waals surface area contributed by atoms with Crippen LogP contribution in [0.25, 0.3) is 0 Å². The Hall–Kier alpha value is -1.36. The second-order valence-corrected chi connectivity index (χ2v) is 6.61. The topological polar surface area (TPSA) is 86.3 Å². The van der Waals surface area contributed by atoms with Crippen molar-refractivity contribution in [2.75, 3.05) is 19.6 Å². The van der Waals surface area contributed by atoms with Crippen LogP contribution in [-0.2, 0) is 16.6 Å². The molecule has 1 aromatic rings. The Balaban J connectivity index is 1.94. The second-order valence-electron chi connectivity index (χ2n) is 4.57. The van der Waals surface area contributed by atoms with Gasteiger partial charge in [0.05, 0.1) is 11.8 Å². The predicted octanol–water partition coefficient (Wildman–Crippen LogP) is 0.665. The minimum atomic E-state index is -3.21. The highest BCUT2D eigenvalue weighted by Crippen LogP contribution is 2.19. The lowest BCUT2D eigenvalue weighted by Gasteiger charge is -2.14. The molecule has 1 unspecified atom stereocenters. The van der Waals surface area contributed by atoms with Crippen LogP contribution in [0.5, 0.6) is 0 Å². The standard InChI is InChI=1S/C12H17N3O3S/c1-2-14-19(16,17)12-5-6-15(9-12)8-11-4-3-10(7-13)18-11/h3-4,12,14H,2,5-6,8-9H2,1H3. The van der Waals surface area contributed by atoms with E-state index in [4.69, 9.17) is 9.68 Å². The molecule has 1 aliphatic rings. The summed E-state index contributed by atoms with van der Waals surface area (Å²) in [5.41, 5.74) is 0. The van der Waals surface area contributed by atoms with E-state index in [0.29, 0.717) is 31.8 Å². The summed E-state index contributed by atoms with van der Waals surface area (Å²) in [7, 11) is -3.21. The van der Waals surface area contributed by atoms with Gasteiger partial charge in [-0.05, 0) is 18.6 Å². The quantitative estimate of drug-likeness (QED) is 0.858. The Kier molecular flexibility index (Phi) is 4.24. The molecule has 2 rings (SSSR count). The van der Waals surface area contributed by atoms with Crippen LogP contribution in [0.1, 0.15) is 24.9 Å². The first-order valence-electron chi connectivity index (χ1n) is 6.25. The normalized spacial score (nSPS) is 20.5. The van der Waals surface area contributed by atoms with Crippen molar-refractivity contribution < 1.29 is 12.8 Å². The van der Waals surface area contributed by atoms with Gasteiger partial charge in [-0.15, -0.1) is 0 Å². The van der Waals surface area contributed by atoms with E-state index in [1.807, 2.05) is 11.0 Å². The van der Waals surface area contributed by atoms with Crippen LogP contribution in [0, 0.1) is 11.3 Å². The zero-order valence-corrected chi connectivity index (χ0v) is 11.6. The molecule has 19 heavy (non-hydrogen) atoms. The molecule has 1 fully saturated rings. The van der Waals surface area contributed by atoms with Gasteiger partial charge >= 0.3 is 0 Å². The van der Waals surface area contributed by atoms with E-state index in [2.05, 4.69) is 4.72 Å². The van der Waals surface area contributed by atoms with Crippen LogP contribution >= 0.6 is 0 Å². The Morgan fingerprint density at radius 1 is 1.58 bits per heavy atom. The molecule has 0 amide bonds. The van der Waals surface area contributed by atoms with Gasteiger partial charge in [-0.1, -0.05) is 6.92 Å². The number of furan rings is 1. The number of sulfonamides is 1. The van der Waals surface area contributed by atoms with Gasteiger partial charge in [-0.2, -0.15) is 5.26 Å². The molecule has 0 spiro atoms. The maximum absolute atomic E-state index is 11.9. The lowest BCUT2D eigenvalue weighted by molar-refractivity contribution is 0.296. The van der Waals surface area contributed by atoms with E-state index < -0.39 is 10.0 Å². The molecule has 1 atom stereocenters. The zero-order valence-electron chi connectivity index (χ0n) is 10.8. The number of nitrogens with one attached hydrogen (secondary N) is 1. The summed E-state index contributed by atoms with van der Waals surface area (Å²) < 4.78 is 31.6. The number of hydrogen-bond donors (Lipinski definition) is 1. The number of rotatable bonds is 5. The van der Waals surface area contributed by atoms with E-state index in [-0.39, 0.29) is 11.0 Å². The zero-order chi connectivity index (χ0) is 13.9. The van der Waals surface area contributed by atoms with E-state index >= 15 is 0 Å². The maximum atomic E-state index is 11.9. The summed E-state index contributed by atoms with van der Waals surface area (Å²) in [6.45, 7) is 3.95. The molecule has 1 N–H and O–H groups in total. The van der Waals surface area contributed by atoms with Crippen LogP contribution in [-0.4, -0.2) is 38.2 Å². The molecule has 6 nitrogen and oxygen atoms in total. The molecule has 1 saturated heterocycles. The van der Waals surface area contributed by atoms with Crippen molar-refractivity contribution in [3.8, 4) is 6.07 Å². The minimum absolute atomic E-state index is 0.283. The molecule has 0 aromatic carbocycles. The fourth-order valence-corrected chi connectivity index (χ4v) is 3.72. The fourth-order valence-electron chi connectivity index (χ4n) is 2.26. The number of nitrogens with zero attached hydrogens (tertiary/aromatic N) is 2. The van der Waals surface area contributed by atoms with E-state index in [9.17, 15) is 8.42 Å². The predicted molar refractivity (Wildman–Crippen MR) is 69.7 cm³/mol. The van der Waals surface area contributed by atoms with Gasteiger partial charge in [0.2, 0.25) is 15.8 Å². The Labute approximate surface area is 113 Å². The van der Waals surface area contributed by atoms with Crippen molar-refractivity contribution in [1.82, 2.24) is 9.62 Å². The summed E-state index contributed by atoms with van der Waals surface area (Å²) in [5, 5.41) is 8.31. The minimum Gasteiger partial charge on any atom is -0.449 e. The van der Waals surface area contributed by atoms with Crippen LogP contribution < -0.4 is 4.72 Å². The molecule has 0 bridgehead atoms. The van der Waals surface area contributed by atoms with Crippen molar-refractivity contribution in [2.45, 2.75) is 25.1 Å². The summed E-state index contributed by atoms with van der Waals surface area (Å²) in [6.07, 6.45) is 0.626. The van der Waals surface area contributed by atoms with Crippen molar-refractivity contribution >= 4 is 10.0 Å². The summed E-state index contributed by atoms with van der Waals surface area (Å²) >= 11 is 0. The molecular formula is C12H17N3O3S. The SMILES string of the molecule is CCNS(=O)(=O)C1CCN(Cc2ccc(C#N)o2)C1. The Morgan fingerprint density at radius 2 is 2.37 bits per heavy atom. The number of nitriles is 1. The lowest BCUT2D eigenvalue weighted by atomic mass is 10.4. The number of hydrogen-bond acceptors (Lipinski definition) is 5. The highest BCUT2D eigenvalue weighted by atomic mass is 32.2. The Bertz CT molecular complexity index is 573. The molecule has 1 aromatic heterocycles. The van der Waals surface area contributed by atoms with Crippen LogP contribution in [0.2, 0.25) is 0 Å². The number of likely N-dealkylation sites (tertiary alicyclic amines) is 1. The summed E-state index contributed by atoms with van der Waals surface area (Å²) in [5.74, 6) is 0.976. The second kappa shape index (κ2) is 5.74. The molecule has 104 valence electrons. The molecule has 0 aliphatic carbocycles. The molecule has 0 saturated carbocycles. The Morgan fingerprint density at radius 3 is 3.00 bits per heavy atom. The largest absolute Gasteiger partial charge is 0.449 e. The average Bonchev–Trinajstić information content (AvgIpc) is 2.99. The van der Waals surface area contributed by atoms with Gasteiger partial charge < -0.3 is 4.42 Å². The van der Waals surface area contributed by atoms with Crippen molar-refractivity contribution in [3.05, 3.63) is 23.7 Å². The van der Waals surface area contributed by atoms with Gasteiger partial charge in [-0.25, -0.2) is 13.1 Å². The third-order valence-corrected chi connectivity index (χ3v) is 5.12. The third kappa shape index (κ3) is 3.35.